The minimum atomic E-state index is 0. The molecule has 4 heavy (non-hydrogen) atoms. The minimum Gasteiger partial charge on any atom is 0 e. The van der Waals surface area contributed by atoms with E-state index in [-0.39, 0.29) is 83.3 Å². The average molecular weight is 237 g/mol. The molecular formula is H3AlCoNiY. The van der Waals surface area contributed by atoms with Crippen molar-refractivity contribution in [2.45, 2.75) is 0 Å². The third-order valence-corrected chi connectivity index (χ3v) is 0. The fourth-order valence-electron chi connectivity index (χ4n) is 0. The molecule has 0 aromatic carbocycles. The maximum absolute atomic E-state index is 0. The molecule has 0 unspecified atom stereocenters. The summed E-state index contributed by atoms with van der Waals surface area (Å²) >= 11 is 0. The molecule has 28 valence electrons. The first-order valence-electron chi connectivity index (χ1n) is 0. The predicted molar refractivity (Wildman–Crippen MR) is 9.94 cm³/mol. The van der Waals surface area contributed by atoms with Crippen LogP contribution >= 0.6 is 0 Å². The molecule has 0 aromatic heterocycles. The Balaban J connectivity index is 0. The zero-order valence-electron chi connectivity index (χ0n) is 1.23. The molecule has 0 aliphatic rings. The van der Waals surface area contributed by atoms with E-state index in [9.17, 15) is 0 Å². The molecule has 0 N–H and O–H groups in total. The van der Waals surface area contributed by atoms with Gasteiger partial charge in [0, 0.05) is 66.0 Å². The van der Waals surface area contributed by atoms with E-state index in [2.05, 4.69) is 0 Å². The van der Waals surface area contributed by atoms with Gasteiger partial charge in [0.25, 0.3) is 0 Å². The third-order valence-electron chi connectivity index (χ3n) is 0. The molecule has 0 spiro atoms. The topological polar surface area (TPSA) is 0 Å². The van der Waals surface area contributed by atoms with Gasteiger partial charge in [-0.15, -0.1) is 0 Å². The smallest absolute Gasteiger partial charge is 0 e. The maximum Gasteiger partial charge on any atom is 0.187 e. The van der Waals surface area contributed by atoms with Gasteiger partial charge in [0.05, 0.1) is 0 Å². The molecule has 2 radical (unpaired) electrons. The summed E-state index contributed by atoms with van der Waals surface area (Å²) in [5.41, 5.74) is 0. The van der Waals surface area contributed by atoms with E-state index >= 15 is 0 Å². The summed E-state index contributed by atoms with van der Waals surface area (Å²) in [6, 6.07) is 0. The zero-order valence-corrected chi connectivity index (χ0v) is 6.09. The van der Waals surface area contributed by atoms with Crippen molar-refractivity contribution in [2.24, 2.45) is 0 Å². The van der Waals surface area contributed by atoms with Crippen LogP contribution in [0.25, 0.3) is 0 Å². The van der Waals surface area contributed by atoms with Crippen molar-refractivity contribution < 1.29 is 66.0 Å². The Hall–Kier alpha value is 2.64. The van der Waals surface area contributed by atoms with Crippen molar-refractivity contribution in [2.75, 3.05) is 0 Å². The van der Waals surface area contributed by atoms with Gasteiger partial charge in [-0.05, 0) is 0 Å². The normalized spacial score (nSPS) is 0. The number of rotatable bonds is 0. The summed E-state index contributed by atoms with van der Waals surface area (Å²) in [6.45, 7) is 0. The van der Waals surface area contributed by atoms with Gasteiger partial charge in [-0.25, -0.2) is 0 Å². The van der Waals surface area contributed by atoms with E-state index < -0.39 is 0 Å². The van der Waals surface area contributed by atoms with Gasteiger partial charge < -0.3 is 0 Å². The van der Waals surface area contributed by atoms with Crippen molar-refractivity contribution in [1.82, 2.24) is 0 Å². The molecule has 0 aromatic rings. The second-order valence-electron chi connectivity index (χ2n) is 0. The van der Waals surface area contributed by atoms with Crippen LogP contribution in [0.2, 0.25) is 0 Å². The van der Waals surface area contributed by atoms with E-state index in [1.165, 1.54) is 0 Å². The molecule has 0 saturated heterocycles. The van der Waals surface area contributed by atoms with Crippen LogP contribution in [0.1, 0.15) is 0 Å². The Labute approximate surface area is 82.0 Å². The van der Waals surface area contributed by atoms with Crippen LogP contribution in [0.4, 0.5) is 0 Å². The summed E-state index contributed by atoms with van der Waals surface area (Å²) in [6.07, 6.45) is 0. The molecule has 0 saturated carbocycles. The minimum absolute atomic E-state index is 0. The fourth-order valence-corrected chi connectivity index (χ4v) is 0. The number of hydrogen-bond acceptors (Lipinski definition) is 0. The fraction of sp³-hybridized carbons (Fsp3) is 0. The van der Waals surface area contributed by atoms with Crippen molar-refractivity contribution in [3.63, 3.8) is 0 Å². The quantitative estimate of drug-likeness (QED) is 0.464. The Morgan fingerprint density at radius 2 is 1.00 bits per heavy atom. The second-order valence-corrected chi connectivity index (χ2v) is 0. The van der Waals surface area contributed by atoms with E-state index in [1.807, 2.05) is 0 Å². The first-order chi connectivity index (χ1) is 0. The molecule has 0 amide bonds. The van der Waals surface area contributed by atoms with Gasteiger partial charge in [-0.3, -0.25) is 0 Å². The Morgan fingerprint density at radius 3 is 1.00 bits per heavy atom. The average Bonchev–Trinajstić information content (AvgIpc) is 0. The van der Waals surface area contributed by atoms with Crippen LogP contribution in [-0.4, -0.2) is 17.4 Å². The van der Waals surface area contributed by atoms with Crippen LogP contribution in [0.15, 0.2) is 0 Å². The Morgan fingerprint density at radius 1 is 1.00 bits per heavy atom. The SMILES string of the molecule is [AlH3].[Co].[Ni].[Y]. The maximum atomic E-state index is 0. The van der Waals surface area contributed by atoms with Gasteiger partial charge >= 0.3 is 0 Å². The Bertz CT molecular complexity index is 8.00. The van der Waals surface area contributed by atoms with Crippen LogP contribution in [0.3, 0.4) is 0 Å². The Kier molecular flexibility index (Phi) is 132. The molecule has 0 atom stereocenters. The van der Waals surface area contributed by atoms with E-state index in [4.69, 9.17) is 0 Å². The van der Waals surface area contributed by atoms with E-state index in [0.29, 0.717) is 0 Å². The summed E-state index contributed by atoms with van der Waals surface area (Å²) in [7, 11) is 0. The molecule has 0 aliphatic heterocycles. The largest absolute Gasteiger partial charge is 0.187 e. The van der Waals surface area contributed by atoms with E-state index in [0.717, 1.165) is 0 Å². The van der Waals surface area contributed by atoms with E-state index in [1.54, 1.807) is 0 Å². The van der Waals surface area contributed by atoms with Crippen LogP contribution in [0.5, 0.6) is 0 Å². The molecule has 4 heteroatoms. The van der Waals surface area contributed by atoms with Crippen molar-refractivity contribution in [3.8, 4) is 0 Å². The molecular weight excluding hydrogens is 234 g/mol. The first-order valence-corrected chi connectivity index (χ1v) is 0. The molecule has 0 nitrogen and oxygen atoms in total. The molecule has 0 aliphatic carbocycles. The zero-order chi connectivity index (χ0) is 0. The van der Waals surface area contributed by atoms with Gasteiger partial charge in [0.15, 0.2) is 17.4 Å². The standard InChI is InChI=1S/Al.Co.Ni.Y.3H. The summed E-state index contributed by atoms with van der Waals surface area (Å²) in [5, 5.41) is 0. The van der Waals surface area contributed by atoms with Gasteiger partial charge in [0.1, 0.15) is 0 Å². The molecule has 0 heterocycles. The van der Waals surface area contributed by atoms with Crippen LogP contribution in [0, 0.1) is 0 Å². The van der Waals surface area contributed by atoms with Crippen LogP contribution in [-0.2, 0) is 66.0 Å². The van der Waals surface area contributed by atoms with Gasteiger partial charge in [-0.1, -0.05) is 0 Å². The summed E-state index contributed by atoms with van der Waals surface area (Å²) in [5.74, 6) is 0. The molecule has 0 bridgehead atoms. The van der Waals surface area contributed by atoms with Crippen molar-refractivity contribution in [3.05, 3.63) is 0 Å². The van der Waals surface area contributed by atoms with Gasteiger partial charge in [-0.2, -0.15) is 0 Å². The first kappa shape index (κ1) is 30.3. The van der Waals surface area contributed by atoms with Gasteiger partial charge in [0.2, 0.25) is 0 Å². The van der Waals surface area contributed by atoms with Crippen molar-refractivity contribution >= 4 is 17.4 Å². The monoisotopic (exact) mass is 236 g/mol. The summed E-state index contributed by atoms with van der Waals surface area (Å²) in [4.78, 5) is 0. The predicted octanol–water partition coefficient (Wildman–Crippen LogP) is -1.19. The molecule has 0 fully saturated rings. The second kappa shape index (κ2) is 17.4. The number of hydrogen-bond donors (Lipinski definition) is 0. The van der Waals surface area contributed by atoms with Crippen molar-refractivity contribution in [1.29, 1.82) is 0 Å². The third kappa shape index (κ3) is 8.82. The summed E-state index contributed by atoms with van der Waals surface area (Å²) < 4.78 is 0. The molecule has 0 rings (SSSR count). The van der Waals surface area contributed by atoms with Crippen LogP contribution < -0.4 is 0 Å².